The van der Waals surface area contributed by atoms with E-state index in [1.165, 1.54) is 64.5 Å². The van der Waals surface area contributed by atoms with Crippen molar-refractivity contribution in [1.29, 1.82) is 0 Å². The van der Waals surface area contributed by atoms with Crippen molar-refractivity contribution < 1.29 is 0 Å². The first kappa shape index (κ1) is 15.0. The topological polar surface area (TPSA) is 29.3 Å². The summed E-state index contributed by atoms with van der Waals surface area (Å²) in [5.74, 6) is 0.990. The number of hydrogen-bond donors (Lipinski definition) is 1. The minimum absolute atomic E-state index is 0.641. The van der Waals surface area contributed by atoms with E-state index in [0.29, 0.717) is 6.04 Å². The predicted molar refractivity (Wildman–Crippen MR) is 76.2 cm³/mol. The number of hydrogen-bond acceptors (Lipinski definition) is 2. The number of rotatable bonds is 11. The van der Waals surface area contributed by atoms with Gasteiger partial charge in [0.2, 0.25) is 0 Å². The molecule has 1 atom stereocenters. The molecule has 2 nitrogen and oxygen atoms in total. The summed E-state index contributed by atoms with van der Waals surface area (Å²) in [5, 5.41) is 0. The molecular weight excluding hydrogens is 208 g/mol. The summed E-state index contributed by atoms with van der Waals surface area (Å²) in [5.41, 5.74) is 5.94. The van der Waals surface area contributed by atoms with Gasteiger partial charge in [-0.05, 0) is 31.7 Å². The summed E-state index contributed by atoms with van der Waals surface area (Å²) in [7, 11) is 0. The van der Waals surface area contributed by atoms with Crippen LogP contribution in [0.5, 0.6) is 0 Å². The van der Waals surface area contributed by atoms with Gasteiger partial charge in [0.25, 0.3) is 0 Å². The molecule has 1 unspecified atom stereocenters. The van der Waals surface area contributed by atoms with Crippen LogP contribution in [-0.2, 0) is 0 Å². The Balaban J connectivity index is 2.14. The van der Waals surface area contributed by atoms with E-state index < -0.39 is 0 Å². The van der Waals surface area contributed by atoms with Crippen molar-refractivity contribution in [2.24, 2.45) is 11.7 Å². The van der Waals surface area contributed by atoms with Gasteiger partial charge in [0.05, 0.1) is 0 Å². The van der Waals surface area contributed by atoms with Gasteiger partial charge >= 0.3 is 0 Å². The van der Waals surface area contributed by atoms with Crippen molar-refractivity contribution >= 4 is 0 Å². The monoisotopic (exact) mass is 240 g/mol. The SMILES string of the molecule is CCCCCCCC(CN)N(CC)CC1CC1. The van der Waals surface area contributed by atoms with Crippen LogP contribution in [0.15, 0.2) is 0 Å². The van der Waals surface area contributed by atoms with Crippen LogP contribution in [0.1, 0.15) is 65.2 Å². The fraction of sp³-hybridized carbons (Fsp3) is 1.00. The third-order valence-electron chi connectivity index (χ3n) is 4.03. The fourth-order valence-electron chi connectivity index (χ4n) is 2.60. The minimum atomic E-state index is 0.641. The third-order valence-corrected chi connectivity index (χ3v) is 4.03. The Morgan fingerprint density at radius 1 is 1.12 bits per heavy atom. The van der Waals surface area contributed by atoms with Gasteiger partial charge in [-0.15, -0.1) is 0 Å². The molecule has 102 valence electrons. The highest BCUT2D eigenvalue weighted by Crippen LogP contribution is 2.30. The first-order valence-electron chi connectivity index (χ1n) is 7.75. The Hall–Kier alpha value is -0.0800. The van der Waals surface area contributed by atoms with Gasteiger partial charge in [0, 0.05) is 19.1 Å². The lowest BCUT2D eigenvalue weighted by atomic mass is 10.0. The van der Waals surface area contributed by atoms with E-state index in [1.54, 1.807) is 0 Å². The summed E-state index contributed by atoms with van der Waals surface area (Å²) in [6.07, 6.45) is 11.1. The first-order valence-corrected chi connectivity index (χ1v) is 7.75. The molecule has 2 heteroatoms. The molecule has 0 radical (unpaired) electrons. The average Bonchev–Trinajstić information content (AvgIpc) is 3.15. The molecule has 0 spiro atoms. The molecule has 0 aromatic carbocycles. The zero-order chi connectivity index (χ0) is 12.5. The van der Waals surface area contributed by atoms with E-state index in [0.717, 1.165) is 12.5 Å². The van der Waals surface area contributed by atoms with Gasteiger partial charge in [0.1, 0.15) is 0 Å². The highest BCUT2D eigenvalue weighted by molar-refractivity contribution is 4.81. The summed E-state index contributed by atoms with van der Waals surface area (Å²) in [4.78, 5) is 2.62. The summed E-state index contributed by atoms with van der Waals surface area (Å²) in [6, 6.07) is 0.641. The van der Waals surface area contributed by atoms with Crippen molar-refractivity contribution in [2.75, 3.05) is 19.6 Å². The molecule has 0 aromatic rings. The molecule has 1 saturated carbocycles. The second kappa shape index (κ2) is 8.93. The van der Waals surface area contributed by atoms with E-state index in [1.807, 2.05) is 0 Å². The maximum Gasteiger partial charge on any atom is 0.0218 e. The van der Waals surface area contributed by atoms with Gasteiger partial charge < -0.3 is 5.73 Å². The van der Waals surface area contributed by atoms with Crippen molar-refractivity contribution in [3.05, 3.63) is 0 Å². The minimum Gasteiger partial charge on any atom is -0.329 e. The number of likely N-dealkylation sites (N-methyl/N-ethyl adjacent to an activating group) is 1. The van der Waals surface area contributed by atoms with Crippen LogP contribution in [0.3, 0.4) is 0 Å². The van der Waals surface area contributed by atoms with Gasteiger partial charge in [-0.25, -0.2) is 0 Å². The Bertz CT molecular complexity index is 178. The molecule has 0 bridgehead atoms. The molecule has 0 heterocycles. The standard InChI is InChI=1S/C15H32N2/c1-3-5-6-7-8-9-15(12-16)17(4-2)13-14-10-11-14/h14-15H,3-13,16H2,1-2H3. The third kappa shape index (κ3) is 6.42. The van der Waals surface area contributed by atoms with Crippen LogP contribution in [0.25, 0.3) is 0 Å². The second-order valence-corrected chi connectivity index (χ2v) is 5.62. The number of nitrogens with two attached hydrogens (primary N) is 1. The van der Waals surface area contributed by atoms with E-state index in [9.17, 15) is 0 Å². The molecule has 17 heavy (non-hydrogen) atoms. The molecule has 1 aliphatic rings. The quantitative estimate of drug-likeness (QED) is 0.561. The number of nitrogens with zero attached hydrogens (tertiary/aromatic N) is 1. The van der Waals surface area contributed by atoms with Crippen LogP contribution in [-0.4, -0.2) is 30.6 Å². The predicted octanol–water partition coefficient (Wildman–Crippen LogP) is 3.41. The van der Waals surface area contributed by atoms with Crippen molar-refractivity contribution in [1.82, 2.24) is 4.90 Å². The largest absolute Gasteiger partial charge is 0.329 e. The van der Waals surface area contributed by atoms with Crippen LogP contribution in [0.2, 0.25) is 0 Å². The summed E-state index contributed by atoms with van der Waals surface area (Å²) < 4.78 is 0. The molecule has 1 aliphatic carbocycles. The normalized spacial score (nSPS) is 17.6. The van der Waals surface area contributed by atoms with Crippen molar-refractivity contribution in [3.63, 3.8) is 0 Å². The van der Waals surface area contributed by atoms with Crippen LogP contribution in [0.4, 0.5) is 0 Å². The van der Waals surface area contributed by atoms with E-state index in [4.69, 9.17) is 5.73 Å². The van der Waals surface area contributed by atoms with Gasteiger partial charge in [0.15, 0.2) is 0 Å². The fourth-order valence-corrected chi connectivity index (χ4v) is 2.60. The molecule has 1 rings (SSSR count). The molecule has 2 N–H and O–H groups in total. The van der Waals surface area contributed by atoms with Crippen LogP contribution < -0.4 is 5.73 Å². The molecule has 0 saturated heterocycles. The summed E-state index contributed by atoms with van der Waals surface area (Å²) >= 11 is 0. The van der Waals surface area contributed by atoms with Gasteiger partial charge in [-0.3, -0.25) is 4.90 Å². The lowest BCUT2D eigenvalue weighted by Gasteiger charge is -2.30. The molecule has 1 fully saturated rings. The Labute approximate surface area is 108 Å². The second-order valence-electron chi connectivity index (χ2n) is 5.62. The molecular formula is C15H32N2. The lowest BCUT2D eigenvalue weighted by Crippen LogP contribution is -2.41. The van der Waals surface area contributed by atoms with Crippen molar-refractivity contribution in [2.45, 2.75) is 71.3 Å². The Morgan fingerprint density at radius 2 is 1.82 bits per heavy atom. The van der Waals surface area contributed by atoms with Gasteiger partial charge in [-0.1, -0.05) is 46.0 Å². The van der Waals surface area contributed by atoms with E-state index in [2.05, 4.69) is 18.7 Å². The zero-order valence-electron chi connectivity index (χ0n) is 12.0. The highest BCUT2D eigenvalue weighted by Gasteiger charge is 2.26. The lowest BCUT2D eigenvalue weighted by molar-refractivity contribution is 0.189. The Kier molecular flexibility index (Phi) is 7.87. The zero-order valence-corrected chi connectivity index (χ0v) is 12.0. The van der Waals surface area contributed by atoms with E-state index in [-0.39, 0.29) is 0 Å². The average molecular weight is 240 g/mol. The van der Waals surface area contributed by atoms with Crippen LogP contribution in [0, 0.1) is 5.92 Å². The molecule has 0 amide bonds. The molecule has 0 aliphatic heterocycles. The molecule has 0 aromatic heterocycles. The maximum atomic E-state index is 5.94. The highest BCUT2D eigenvalue weighted by atomic mass is 15.2. The maximum absolute atomic E-state index is 5.94. The van der Waals surface area contributed by atoms with E-state index >= 15 is 0 Å². The first-order chi connectivity index (χ1) is 8.31. The summed E-state index contributed by atoms with van der Waals surface area (Å²) in [6.45, 7) is 7.87. The van der Waals surface area contributed by atoms with Gasteiger partial charge in [-0.2, -0.15) is 0 Å². The van der Waals surface area contributed by atoms with Crippen molar-refractivity contribution in [3.8, 4) is 0 Å². The number of unbranched alkanes of at least 4 members (excludes halogenated alkanes) is 4. The Morgan fingerprint density at radius 3 is 2.35 bits per heavy atom. The van der Waals surface area contributed by atoms with Crippen LogP contribution >= 0.6 is 0 Å². The smallest absolute Gasteiger partial charge is 0.0218 e.